The molecule has 2 aromatic rings. The zero-order valence-corrected chi connectivity index (χ0v) is 14.4. The molecule has 0 amide bonds. The summed E-state index contributed by atoms with van der Waals surface area (Å²) in [7, 11) is 1.90. The molecule has 0 fully saturated rings. The number of carbonyl (C=O) groups excluding carboxylic acids is 1. The lowest BCUT2D eigenvalue weighted by molar-refractivity contribution is 0.0527. The van der Waals surface area contributed by atoms with Gasteiger partial charge in [-0.05, 0) is 24.6 Å². The summed E-state index contributed by atoms with van der Waals surface area (Å²) < 4.78 is 7.88. The quantitative estimate of drug-likeness (QED) is 0.626. The number of fused-ring (bicyclic) bond motifs is 1. The Balaban J connectivity index is 2.78. The van der Waals surface area contributed by atoms with E-state index in [2.05, 4.69) is 31.9 Å². The molecule has 1 aromatic heterocycles. The van der Waals surface area contributed by atoms with E-state index in [1.807, 2.05) is 23.7 Å². The maximum absolute atomic E-state index is 12.2. The molecular weight excluding hydrogens is 390 g/mol. The van der Waals surface area contributed by atoms with Gasteiger partial charge in [-0.1, -0.05) is 31.9 Å². The Morgan fingerprint density at radius 3 is 2.70 bits per heavy atom. The van der Waals surface area contributed by atoms with Crippen molar-refractivity contribution in [2.75, 3.05) is 6.61 Å². The van der Waals surface area contributed by atoms with Crippen molar-refractivity contribution in [1.29, 1.82) is 0 Å². The SMILES string of the molecule is CCOC(=O)c1c(CBr)n(C)c2cc(CO)c(Br)cc12. The van der Waals surface area contributed by atoms with Crippen molar-refractivity contribution in [3.8, 4) is 0 Å². The predicted molar refractivity (Wildman–Crippen MR) is 85.1 cm³/mol. The Morgan fingerprint density at radius 2 is 2.15 bits per heavy atom. The van der Waals surface area contributed by atoms with Crippen LogP contribution in [0.25, 0.3) is 10.9 Å². The van der Waals surface area contributed by atoms with Crippen molar-refractivity contribution < 1.29 is 14.6 Å². The molecule has 108 valence electrons. The average Bonchev–Trinajstić information content (AvgIpc) is 2.70. The van der Waals surface area contributed by atoms with Crippen LogP contribution in [0.4, 0.5) is 0 Å². The lowest BCUT2D eigenvalue weighted by Crippen LogP contribution is -2.07. The van der Waals surface area contributed by atoms with Gasteiger partial charge in [-0.3, -0.25) is 0 Å². The minimum absolute atomic E-state index is 0.0555. The van der Waals surface area contributed by atoms with Gasteiger partial charge in [-0.25, -0.2) is 4.79 Å². The number of rotatable bonds is 4. The number of alkyl halides is 1. The third-order valence-electron chi connectivity index (χ3n) is 3.27. The minimum Gasteiger partial charge on any atom is -0.462 e. The summed E-state index contributed by atoms with van der Waals surface area (Å²) >= 11 is 6.84. The summed E-state index contributed by atoms with van der Waals surface area (Å²) in [5.74, 6) is -0.323. The number of aromatic nitrogens is 1. The monoisotopic (exact) mass is 403 g/mol. The van der Waals surface area contributed by atoms with E-state index in [1.165, 1.54) is 0 Å². The molecule has 1 heterocycles. The van der Waals surface area contributed by atoms with Crippen molar-refractivity contribution in [1.82, 2.24) is 4.57 Å². The zero-order valence-electron chi connectivity index (χ0n) is 11.2. The van der Waals surface area contributed by atoms with Crippen LogP contribution in [0.3, 0.4) is 0 Å². The van der Waals surface area contributed by atoms with E-state index in [1.54, 1.807) is 6.92 Å². The summed E-state index contributed by atoms with van der Waals surface area (Å²) in [5.41, 5.74) is 3.12. The normalized spacial score (nSPS) is 11.1. The molecule has 0 spiro atoms. The topological polar surface area (TPSA) is 51.5 Å². The smallest absolute Gasteiger partial charge is 0.340 e. The van der Waals surface area contributed by atoms with Gasteiger partial charge < -0.3 is 14.4 Å². The molecule has 4 nitrogen and oxygen atoms in total. The number of aryl methyl sites for hydroxylation is 1. The van der Waals surface area contributed by atoms with Crippen molar-refractivity contribution in [2.24, 2.45) is 7.05 Å². The van der Waals surface area contributed by atoms with Crippen LogP contribution in [-0.2, 0) is 23.7 Å². The first-order chi connectivity index (χ1) is 9.54. The van der Waals surface area contributed by atoms with E-state index in [0.717, 1.165) is 26.6 Å². The van der Waals surface area contributed by atoms with Crippen LogP contribution < -0.4 is 0 Å². The molecule has 0 atom stereocenters. The molecule has 0 saturated heterocycles. The van der Waals surface area contributed by atoms with Gasteiger partial charge in [-0.15, -0.1) is 0 Å². The first kappa shape index (κ1) is 15.5. The van der Waals surface area contributed by atoms with Gasteiger partial charge in [-0.2, -0.15) is 0 Å². The molecule has 0 unspecified atom stereocenters. The number of nitrogens with zero attached hydrogens (tertiary/aromatic N) is 1. The summed E-state index contributed by atoms with van der Waals surface area (Å²) in [6.45, 7) is 2.07. The average molecular weight is 405 g/mol. The predicted octanol–water partition coefficient (Wildman–Crippen LogP) is 3.50. The van der Waals surface area contributed by atoms with Crippen molar-refractivity contribution in [3.05, 3.63) is 33.4 Å². The number of esters is 1. The molecule has 0 aliphatic carbocycles. The lowest BCUT2D eigenvalue weighted by atomic mass is 10.1. The van der Waals surface area contributed by atoms with Crippen LogP contribution in [0, 0.1) is 0 Å². The third-order valence-corrected chi connectivity index (χ3v) is 4.53. The fraction of sp³-hybridized carbons (Fsp3) is 0.357. The molecule has 1 N–H and O–H groups in total. The number of hydrogen-bond acceptors (Lipinski definition) is 3. The van der Waals surface area contributed by atoms with Crippen molar-refractivity contribution >= 4 is 48.7 Å². The van der Waals surface area contributed by atoms with Gasteiger partial charge in [0.15, 0.2) is 0 Å². The van der Waals surface area contributed by atoms with E-state index in [0.29, 0.717) is 17.5 Å². The van der Waals surface area contributed by atoms with E-state index in [4.69, 9.17) is 4.74 Å². The van der Waals surface area contributed by atoms with Gasteiger partial charge in [0.25, 0.3) is 0 Å². The second-order valence-electron chi connectivity index (χ2n) is 4.35. The molecule has 2 rings (SSSR count). The Hall–Kier alpha value is -0.850. The Morgan fingerprint density at radius 1 is 1.45 bits per heavy atom. The molecule has 0 saturated carbocycles. The van der Waals surface area contributed by atoms with E-state index < -0.39 is 0 Å². The number of halogens is 2. The molecule has 0 bridgehead atoms. The number of aliphatic hydroxyl groups excluding tert-OH is 1. The van der Waals surface area contributed by atoms with E-state index in [-0.39, 0.29) is 12.6 Å². The lowest BCUT2D eigenvalue weighted by Gasteiger charge is -2.04. The third kappa shape index (κ3) is 2.52. The van der Waals surface area contributed by atoms with Crippen LogP contribution in [0.2, 0.25) is 0 Å². The van der Waals surface area contributed by atoms with Crippen molar-refractivity contribution in [2.45, 2.75) is 18.9 Å². The van der Waals surface area contributed by atoms with Crippen LogP contribution >= 0.6 is 31.9 Å². The maximum atomic E-state index is 12.2. The largest absolute Gasteiger partial charge is 0.462 e. The summed E-state index contributed by atoms with van der Waals surface area (Å²) in [4.78, 5) is 12.2. The standard InChI is InChI=1S/C14H15Br2NO3/c1-3-20-14(19)13-9-5-10(16)8(7-18)4-11(9)17(2)12(13)6-15/h4-5,18H,3,6-7H2,1-2H3. The van der Waals surface area contributed by atoms with Gasteiger partial charge in [0.2, 0.25) is 0 Å². The number of ether oxygens (including phenoxy) is 1. The highest BCUT2D eigenvalue weighted by molar-refractivity contribution is 9.10. The van der Waals surface area contributed by atoms with Gasteiger partial charge in [0, 0.05) is 33.4 Å². The van der Waals surface area contributed by atoms with Crippen LogP contribution in [0.15, 0.2) is 16.6 Å². The fourth-order valence-electron chi connectivity index (χ4n) is 2.26. The molecule has 0 radical (unpaired) electrons. The van der Waals surface area contributed by atoms with Crippen LogP contribution in [0.5, 0.6) is 0 Å². The fourth-order valence-corrected chi connectivity index (χ4v) is 3.39. The van der Waals surface area contributed by atoms with Crippen molar-refractivity contribution in [3.63, 3.8) is 0 Å². The van der Waals surface area contributed by atoms with Gasteiger partial charge >= 0.3 is 5.97 Å². The Bertz CT molecular complexity index is 664. The molecule has 20 heavy (non-hydrogen) atoms. The minimum atomic E-state index is -0.323. The molecule has 0 aliphatic rings. The number of hydrogen-bond donors (Lipinski definition) is 1. The van der Waals surface area contributed by atoms with E-state index in [9.17, 15) is 9.90 Å². The molecule has 6 heteroatoms. The highest BCUT2D eigenvalue weighted by atomic mass is 79.9. The van der Waals surface area contributed by atoms with E-state index >= 15 is 0 Å². The number of carbonyl (C=O) groups is 1. The maximum Gasteiger partial charge on any atom is 0.340 e. The second-order valence-corrected chi connectivity index (χ2v) is 5.77. The first-order valence-corrected chi connectivity index (χ1v) is 8.10. The first-order valence-electron chi connectivity index (χ1n) is 6.18. The second kappa shape index (κ2) is 6.28. The molecule has 0 aliphatic heterocycles. The van der Waals surface area contributed by atoms with Gasteiger partial charge in [0.05, 0.1) is 18.8 Å². The number of benzene rings is 1. The summed E-state index contributed by atoms with van der Waals surface area (Å²) in [6.07, 6.45) is 0. The Kier molecular flexibility index (Phi) is 4.88. The highest BCUT2D eigenvalue weighted by Gasteiger charge is 2.22. The molecular formula is C14H15Br2NO3. The summed E-state index contributed by atoms with van der Waals surface area (Å²) in [5, 5.41) is 10.7. The van der Waals surface area contributed by atoms with Crippen LogP contribution in [0.1, 0.15) is 28.5 Å². The Labute approximate surface area is 134 Å². The van der Waals surface area contributed by atoms with Gasteiger partial charge in [0.1, 0.15) is 0 Å². The number of aliphatic hydroxyl groups is 1. The van der Waals surface area contributed by atoms with Crippen LogP contribution in [-0.4, -0.2) is 22.2 Å². The zero-order chi connectivity index (χ0) is 14.9. The summed E-state index contributed by atoms with van der Waals surface area (Å²) in [6, 6.07) is 3.74. The highest BCUT2D eigenvalue weighted by Crippen LogP contribution is 2.32. The molecule has 1 aromatic carbocycles.